The number of thioether (sulfide) groups is 1. The summed E-state index contributed by atoms with van der Waals surface area (Å²) in [6.07, 6.45) is 2.04. The van der Waals surface area contributed by atoms with E-state index in [1.165, 1.54) is 4.90 Å². The molecule has 0 aliphatic rings. The van der Waals surface area contributed by atoms with Crippen LogP contribution < -0.4 is 0 Å². The van der Waals surface area contributed by atoms with Crippen molar-refractivity contribution in [1.29, 1.82) is 0 Å². The average molecular weight is 401 g/mol. The number of amides is 1. The predicted octanol–water partition coefficient (Wildman–Crippen LogP) is 4.53. The molecule has 2 aromatic heterocycles. The van der Waals surface area contributed by atoms with Crippen LogP contribution in [0.2, 0.25) is 5.02 Å². The molecule has 27 heavy (non-hydrogen) atoms. The predicted molar refractivity (Wildman–Crippen MR) is 110 cm³/mol. The zero-order valence-electron chi connectivity index (χ0n) is 15.7. The first-order valence-electron chi connectivity index (χ1n) is 8.47. The highest BCUT2D eigenvalue weighted by atomic mass is 35.5. The van der Waals surface area contributed by atoms with Gasteiger partial charge in [0, 0.05) is 24.2 Å². The van der Waals surface area contributed by atoms with Crippen molar-refractivity contribution in [3.63, 3.8) is 0 Å². The normalized spacial score (nSPS) is 10.9. The fourth-order valence-corrected chi connectivity index (χ4v) is 3.41. The summed E-state index contributed by atoms with van der Waals surface area (Å²) in [6.45, 7) is 4.35. The number of aromatic nitrogens is 3. The second-order valence-electron chi connectivity index (χ2n) is 6.35. The van der Waals surface area contributed by atoms with Crippen molar-refractivity contribution < 1.29 is 4.79 Å². The first-order chi connectivity index (χ1) is 12.9. The molecule has 1 aromatic carbocycles. The number of hydrogen-bond acceptors (Lipinski definition) is 4. The van der Waals surface area contributed by atoms with Gasteiger partial charge in [-0.05, 0) is 56.0 Å². The third-order valence-electron chi connectivity index (χ3n) is 4.19. The molecule has 0 fully saturated rings. The van der Waals surface area contributed by atoms with Gasteiger partial charge in [0.2, 0.25) is 0 Å². The molecule has 0 saturated carbocycles. The van der Waals surface area contributed by atoms with E-state index in [9.17, 15) is 4.79 Å². The van der Waals surface area contributed by atoms with Gasteiger partial charge < -0.3 is 4.90 Å². The first kappa shape index (κ1) is 19.5. The van der Waals surface area contributed by atoms with Gasteiger partial charge in [0.05, 0.1) is 10.7 Å². The van der Waals surface area contributed by atoms with Crippen LogP contribution in [0, 0.1) is 13.8 Å². The van der Waals surface area contributed by atoms with Crippen molar-refractivity contribution in [2.24, 2.45) is 0 Å². The second kappa shape index (κ2) is 8.15. The minimum Gasteiger partial charge on any atom is -0.336 e. The fraction of sp³-hybridized carbons (Fsp3) is 0.250. The zero-order valence-corrected chi connectivity index (χ0v) is 17.3. The SMILES string of the molecule is CSc1ccc(CN(C)C(=O)c2nc(-n3nc(C)cc3C)ccc2Cl)cc1. The number of aryl methyl sites for hydroxylation is 2. The van der Waals surface area contributed by atoms with Gasteiger partial charge in [-0.2, -0.15) is 5.10 Å². The Labute approximate surface area is 168 Å². The summed E-state index contributed by atoms with van der Waals surface area (Å²) in [6, 6.07) is 13.6. The number of benzene rings is 1. The monoisotopic (exact) mass is 400 g/mol. The summed E-state index contributed by atoms with van der Waals surface area (Å²) < 4.78 is 1.71. The smallest absolute Gasteiger partial charge is 0.274 e. The van der Waals surface area contributed by atoms with Crippen LogP contribution in [-0.4, -0.2) is 38.9 Å². The van der Waals surface area contributed by atoms with E-state index < -0.39 is 0 Å². The first-order valence-corrected chi connectivity index (χ1v) is 10.1. The maximum Gasteiger partial charge on any atom is 0.274 e. The summed E-state index contributed by atoms with van der Waals surface area (Å²) in [5, 5.41) is 4.75. The molecule has 0 bridgehead atoms. The number of pyridine rings is 1. The molecule has 0 atom stereocenters. The molecule has 3 rings (SSSR count). The topological polar surface area (TPSA) is 51.0 Å². The van der Waals surface area contributed by atoms with Gasteiger partial charge in [0.1, 0.15) is 5.69 Å². The maximum atomic E-state index is 12.9. The van der Waals surface area contributed by atoms with E-state index in [-0.39, 0.29) is 11.6 Å². The lowest BCUT2D eigenvalue weighted by molar-refractivity contribution is 0.0779. The van der Waals surface area contributed by atoms with E-state index in [0.717, 1.165) is 17.0 Å². The highest BCUT2D eigenvalue weighted by molar-refractivity contribution is 7.98. The van der Waals surface area contributed by atoms with Crippen LogP contribution in [0.4, 0.5) is 0 Å². The second-order valence-corrected chi connectivity index (χ2v) is 7.63. The van der Waals surface area contributed by atoms with E-state index >= 15 is 0 Å². The number of rotatable bonds is 5. The van der Waals surface area contributed by atoms with Gasteiger partial charge in [-0.1, -0.05) is 23.7 Å². The minimum absolute atomic E-state index is 0.225. The van der Waals surface area contributed by atoms with Crippen molar-refractivity contribution in [3.8, 4) is 5.82 Å². The molecule has 3 aromatic rings. The van der Waals surface area contributed by atoms with E-state index in [2.05, 4.69) is 10.1 Å². The van der Waals surface area contributed by atoms with Crippen LogP contribution in [0.3, 0.4) is 0 Å². The van der Waals surface area contributed by atoms with Crippen LogP contribution in [0.5, 0.6) is 0 Å². The van der Waals surface area contributed by atoms with Crippen molar-refractivity contribution in [3.05, 3.63) is 70.1 Å². The van der Waals surface area contributed by atoms with Gasteiger partial charge in [0.25, 0.3) is 5.91 Å². The molecule has 0 radical (unpaired) electrons. The lowest BCUT2D eigenvalue weighted by Gasteiger charge is -2.18. The molecule has 7 heteroatoms. The zero-order chi connectivity index (χ0) is 19.6. The van der Waals surface area contributed by atoms with Crippen molar-refractivity contribution in [2.75, 3.05) is 13.3 Å². The summed E-state index contributed by atoms with van der Waals surface area (Å²) in [5.41, 5.74) is 3.12. The average Bonchev–Trinajstić information content (AvgIpc) is 3.00. The lowest BCUT2D eigenvalue weighted by atomic mass is 10.2. The van der Waals surface area contributed by atoms with Crippen LogP contribution >= 0.6 is 23.4 Å². The fourth-order valence-electron chi connectivity index (χ4n) is 2.82. The minimum atomic E-state index is -0.225. The van der Waals surface area contributed by atoms with E-state index in [1.807, 2.05) is 50.4 Å². The van der Waals surface area contributed by atoms with Gasteiger partial charge in [0.15, 0.2) is 5.82 Å². The highest BCUT2D eigenvalue weighted by Crippen LogP contribution is 2.20. The summed E-state index contributed by atoms with van der Waals surface area (Å²) in [7, 11) is 1.75. The molecule has 0 aliphatic heterocycles. The quantitative estimate of drug-likeness (QED) is 0.590. The van der Waals surface area contributed by atoms with Crippen molar-refractivity contribution in [2.45, 2.75) is 25.3 Å². The van der Waals surface area contributed by atoms with E-state index in [1.54, 1.807) is 40.5 Å². The Morgan fingerprint density at radius 2 is 1.89 bits per heavy atom. The molecule has 0 unspecified atom stereocenters. The maximum absolute atomic E-state index is 12.9. The van der Waals surface area contributed by atoms with Gasteiger partial charge >= 0.3 is 0 Å². The number of halogens is 1. The molecular formula is C20H21ClN4OS. The van der Waals surface area contributed by atoms with Crippen molar-refractivity contribution in [1.82, 2.24) is 19.7 Å². The highest BCUT2D eigenvalue weighted by Gasteiger charge is 2.19. The van der Waals surface area contributed by atoms with Crippen LogP contribution in [0.1, 0.15) is 27.4 Å². The third-order valence-corrected chi connectivity index (χ3v) is 5.23. The molecule has 1 amide bonds. The van der Waals surface area contributed by atoms with E-state index in [4.69, 9.17) is 11.6 Å². The van der Waals surface area contributed by atoms with Gasteiger partial charge in [-0.3, -0.25) is 4.79 Å². The Bertz CT molecular complexity index is 969. The summed E-state index contributed by atoms with van der Waals surface area (Å²) >= 11 is 7.96. The lowest BCUT2D eigenvalue weighted by Crippen LogP contribution is -2.27. The molecule has 140 valence electrons. The molecule has 0 N–H and O–H groups in total. The standard InChI is InChI=1S/C20H21ClN4OS/c1-13-11-14(2)25(23-13)18-10-9-17(21)19(22-18)20(26)24(3)12-15-5-7-16(27-4)8-6-15/h5-11H,12H2,1-4H3. The molecule has 0 spiro atoms. The van der Waals surface area contributed by atoms with Crippen LogP contribution in [0.25, 0.3) is 5.82 Å². The summed E-state index contributed by atoms with van der Waals surface area (Å²) in [4.78, 5) is 20.2. The number of carbonyl (C=O) groups excluding carboxylic acids is 1. The van der Waals surface area contributed by atoms with Gasteiger partial charge in [-0.25, -0.2) is 9.67 Å². The largest absolute Gasteiger partial charge is 0.336 e. The Hall–Kier alpha value is -2.31. The molecule has 0 aliphatic carbocycles. The Kier molecular flexibility index (Phi) is 5.87. The Balaban J connectivity index is 1.84. The molecule has 0 saturated heterocycles. The third kappa shape index (κ3) is 4.34. The molecule has 2 heterocycles. The van der Waals surface area contributed by atoms with E-state index in [0.29, 0.717) is 17.4 Å². The molecular weight excluding hydrogens is 380 g/mol. The number of carbonyl (C=O) groups is 1. The molecule has 5 nitrogen and oxygen atoms in total. The van der Waals surface area contributed by atoms with Crippen LogP contribution in [-0.2, 0) is 6.54 Å². The van der Waals surface area contributed by atoms with Crippen molar-refractivity contribution >= 4 is 29.3 Å². The summed E-state index contributed by atoms with van der Waals surface area (Å²) in [5.74, 6) is 0.350. The number of hydrogen-bond donors (Lipinski definition) is 0. The Morgan fingerprint density at radius 1 is 1.19 bits per heavy atom. The van der Waals surface area contributed by atoms with Gasteiger partial charge in [-0.15, -0.1) is 11.8 Å². The number of nitrogens with zero attached hydrogens (tertiary/aromatic N) is 4. The Morgan fingerprint density at radius 3 is 2.48 bits per heavy atom. The van der Waals surface area contributed by atoms with Crippen LogP contribution in [0.15, 0.2) is 47.4 Å².